The maximum atomic E-state index is 12.3. The number of hydrogen-bond donors (Lipinski definition) is 0. The number of ketones is 2. The van der Waals surface area contributed by atoms with E-state index in [4.69, 9.17) is 0 Å². The monoisotopic (exact) mass is 462 g/mol. The minimum Gasteiger partial charge on any atom is -0.291 e. The van der Waals surface area contributed by atoms with Crippen molar-refractivity contribution in [3.8, 4) is 0 Å². The van der Waals surface area contributed by atoms with Crippen molar-refractivity contribution in [3.63, 3.8) is 0 Å². The van der Waals surface area contributed by atoms with Crippen molar-refractivity contribution in [2.45, 2.75) is 13.1 Å². The van der Waals surface area contributed by atoms with Gasteiger partial charge in [0.1, 0.15) is 6.54 Å². The largest absolute Gasteiger partial charge is 0.291 e. The van der Waals surface area contributed by atoms with E-state index in [-0.39, 0.29) is 24.7 Å². The van der Waals surface area contributed by atoms with Gasteiger partial charge in [0.25, 0.3) is 6.33 Å². The molecular formula is C18H14Br2N3O2+. The van der Waals surface area contributed by atoms with Gasteiger partial charge in [0.15, 0.2) is 18.1 Å². The molecule has 0 atom stereocenters. The van der Waals surface area contributed by atoms with Gasteiger partial charge in [0.2, 0.25) is 6.33 Å². The van der Waals surface area contributed by atoms with Crippen molar-refractivity contribution >= 4 is 43.4 Å². The Kier molecular flexibility index (Phi) is 5.55. The Bertz CT molecular complexity index is 829. The summed E-state index contributed by atoms with van der Waals surface area (Å²) in [5, 5.41) is 4.15. The van der Waals surface area contributed by atoms with Gasteiger partial charge in [0.05, 0.1) is 0 Å². The summed E-state index contributed by atoms with van der Waals surface area (Å²) in [6.45, 7) is 0.301. The van der Waals surface area contributed by atoms with Crippen LogP contribution in [-0.2, 0) is 13.1 Å². The molecule has 0 bridgehead atoms. The first-order valence-corrected chi connectivity index (χ1v) is 9.09. The van der Waals surface area contributed by atoms with E-state index in [1.54, 1.807) is 41.5 Å². The molecule has 0 aliphatic rings. The van der Waals surface area contributed by atoms with Crippen LogP contribution in [0.25, 0.3) is 0 Å². The number of Topliss-reactive ketones (excluding diaryl/α,β-unsaturated/α-hetero) is 2. The molecule has 0 amide bonds. The van der Waals surface area contributed by atoms with Gasteiger partial charge in [-0.2, -0.15) is 0 Å². The molecule has 0 fully saturated rings. The molecule has 0 spiro atoms. The third-order valence-corrected chi connectivity index (χ3v) is 4.65. The van der Waals surface area contributed by atoms with E-state index in [0.29, 0.717) is 11.1 Å². The zero-order valence-electron chi connectivity index (χ0n) is 13.1. The maximum Gasteiger partial charge on any atom is 0.265 e. The number of carbonyl (C=O) groups is 2. The van der Waals surface area contributed by atoms with Crippen LogP contribution in [0.5, 0.6) is 0 Å². The molecule has 0 N–H and O–H groups in total. The van der Waals surface area contributed by atoms with E-state index in [1.165, 1.54) is 4.68 Å². The van der Waals surface area contributed by atoms with Crippen molar-refractivity contribution in [3.05, 3.63) is 81.3 Å². The lowest BCUT2D eigenvalue weighted by molar-refractivity contribution is -0.683. The number of carbonyl (C=O) groups excluding carboxylic acids is 2. The third-order valence-electron chi connectivity index (χ3n) is 3.59. The van der Waals surface area contributed by atoms with Crippen LogP contribution in [0.3, 0.4) is 0 Å². The average Bonchev–Trinajstić information content (AvgIpc) is 3.02. The van der Waals surface area contributed by atoms with Crippen LogP contribution in [0.4, 0.5) is 0 Å². The van der Waals surface area contributed by atoms with Crippen LogP contribution in [0.15, 0.2) is 70.1 Å². The molecular weight excluding hydrogens is 450 g/mol. The predicted octanol–water partition coefficient (Wildman–Crippen LogP) is 3.46. The zero-order chi connectivity index (χ0) is 17.8. The molecule has 0 aliphatic heterocycles. The molecule has 0 radical (unpaired) electrons. The highest BCUT2D eigenvalue weighted by molar-refractivity contribution is 9.10. The third kappa shape index (κ3) is 4.70. The Hall–Kier alpha value is -2.12. The second-order valence-corrected chi connectivity index (χ2v) is 7.31. The molecule has 5 nitrogen and oxygen atoms in total. The number of hydrogen-bond acceptors (Lipinski definition) is 3. The second-order valence-electron chi connectivity index (χ2n) is 5.48. The summed E-state index contributed by atoms with van der Waals surface area (Å²) in [4.78, 5) is 24.5. The van der Waals surface area contributed by atoms with E-state index < -0.39 is 0 Å². The summed E-state index contributed by atoms with van der Waals surface area (Å²) in [7, 11) is 0. The summed E-state index contributed by atoms with van der Waals surface area (Å²) < 4.78 is 5.04. The predicted molar refractivity (Wildman–Crippen MR) is 99.4 cm³/mol. The SMILES string of the molecule is O=C(Cn1c[n+](CC(=O)c2ccc(Br)cc2)cn1)c1ccc(Br)cc1. The standard InChI is InChI=1S/C18H14Br2N3O2/c19-15-5-1-13(2-6-15)17(24)9-22-11-21-23(12-22)10-18(25)14-3-7-16(20)8-4-14/h1-8,11-12H,9-10H2/q+1. The summed E-state index contributed by atoms with van der Waals surface area (Å²) in [5.74, 6) is -0.0572. The first-order valence-electron chi connectivity index (χ1n) is 7.50. The fourth-order valence-corrected chi connectivity index (χ4v) is 2.82. The lowest BCUT2D eigenvalue weighted by Crippen LogP contribution is -2.36. The van der Waals surface area contributed by atoms with E-state index in [1.807, 2.05) is 24.3 Å². The minimum atomic E-state index is -0.0398. The highest BCUT2D eigenvalue weighted by Gasteiger charge is 2.15. The van der Waals surface area contributed by atoms with E-state index in [2.05, 4.69) is 37.0 Å². The van der Waals surface area contributed by atoms with Crippen LogP contribution in [0.1, 0.15) is 20.7 Å². The number of aromatic nitrogens is 3. The molecule has 1 aromatic heterocycles. The second kappa shape index (κ2) is 7.84. The normalized spacial score (nSPS) is 10.6. The first-order chi connectivity index (χ1) is 12.0. The Morgan fingerprint density at radius 1 is 0.880 bits per heavy atom. The molecule has 3 aromatic rings. The molecule has 0 aliphatic carbocycles. The molecule has 0 saturated carbocycles. The smallest absolute Gasteiger partial charge is 0.265 e. The van der Waals surface area contributed by atoms with E-state index in [0.717, 1.165) is 8.95 Å². The van der Waals surface area contributed by atoms with Gasteiger partial charge in [-0.25, -0.2) is 4.57 Å². The van der Waals surface area contributed by atoms with E-state index in [9.17, 15) is 9.59 Å². The van der Waals surface area contributed by atoms with Gasteiger partial charge >= 0.3 is 0 Å². The summed E-state index contributed by atoms with van der Waals surface area (Å²) in [6.07, 6.45) is 3.21. The first kappa shape index (κ1) is 17.7. The van der Waals surface area contributed by atoms with E-state index >= 15 is 0 Å². The minimum absolute atomic E-state index is 0.0173. The van der Waals surface area contributed by atoms with Crippen molar-refractivity contribution in [1.82, 2.24) is 9.78 Å². The highest BCUT2D eigenvalue weighted by Crippen LogP contribution is 2.12. The average molecular weight is 464 g/mol. The quantitative estimate of drug-likeness (QED) is 0.415. The highest BCUT2D eigenvalue weighted by atomic mass is 79.9. The van der Waals surface area contributed by atoms with Crippen LogP contribution in [-0.4, -0.2) is 21.3 Å². The Morgan fingerprint density at radius 2 is 1.40 bits per heavy atom. The zero-order valence-corrected chi connectivity index (χ0v) is 16.3. The number of nitrogens with zero attached hydrogens (tertiary/aromatic N) is 3. The molecule has 7 heteroatoms. The van der Waals surface area contributed by atoms with Gasteiger partial charge in [0, 0.05) is 25.2 Å². The molecule has 25 heavy (non-hydrogen) atoms. The fourth-order valence-electron chi connectivity index (χ4n) is 2.29. The van der Waals surface area contributed by atoms with Crippen molar-refractivity contribution in [1.29, 1.82) is 0 Å². The van der Waals surface area contributed by atoms with Gasteiger partial charge in [-0.15, -0.1) is 4.68 Å². The van der Waals surface area contributed by atoms with Gasteiger partial charge in [-0.05, 0) is 24.3 Å². The fraction of sp³-hybridized carbons (Fsp3) is 0.111. The van der Waals surface area contributed by atoms with Crippen molar-refractivity contribution < 1.29 is 14.2 Å². The molecule has 3 rings (SSSR count). The molecule has 0 unspecified atom stereocenters. The number of benzene rings is 2. The number of halogens is 2. The summed E-state index contributed by atoms with van der Waals surface area (Å²) >= 11 is 6.69. The lowest BCUT2D eigenvalue weighted by Gasteiger charge is -1.99. The molecule has 126 valence electrons. The summed E-state index contributed by atoms with van der Waals surface area (Å²) in [5.41, 5.74) is 1.26. The van der Waals surface area contributed by atoms with Gasteiger partial charge in [-0.3, -0.25) is 9.59 Å². The van der Waals surface area contributed by atoms with Crippen molar-refractivity contribution in [2.75, 3.05) is 0 Å². The molecule has 2 aromatic carbocycles. The number of rotatable bonds is 6. The summed E-state index contributed by atoms with van der Waals surface area (Å²) in [6, 6.07) is 14.4. The Balaban J connectivity index is 1.64. The van der Waals surface area contributed by atoms with Crippen LogP contribution >= 0.6 is 31.9 Å². The molecule has 1 heterocycles. The Labute approximate surface area is 161 Å². The maximum absolute atomic E-state index is 12.3. The lowest BCUT2D eigenvalue weighted by atomic mass is 10.1. The van der Waals surface area contributed by atoms with Crippen LogP contribution < -0.4 is 4.57 Å². The van der Waals surface area contributed by atoms with Crippen LogP contribution in [0.2, 0.25) is 0 Å². The van der Waals surface area contributed by atoms with Crippen LogP contribution in [0, 0.1) is 0 Å². The van der Waals surface area contributed by atoms with Crippen molar-refractivity contribution in [2.24, 2.45) is 0 Å². The van der Waals surface area contributed by atoms with Gasteiger partial charge in [-0.1, -0.05) is 56.1 Å². The van der Waals surface area contributed by atoms with Gasteiger partial charge < -0.3 is 0 Å². The Morgan fingerprint density at radius 3 is 1.96 bits per heavy atom. The topological polar surface area (TPSA) is 55.8 Å². The molecule has 0 saturated heterocycles.